The number of rotatable bonds is 4. The monoisotopic (exact) mass is 279 g/mol. The molecule has 19 heavy (non-hydrogen) atoms. The van der Waals surface area contributed by atoms with Crippen molar-refractivity contribution >= 4 is 17.3 Å². The summed E-state index contributed by atoms with van der Waals surface area (Å²) in [6.45, 7) is 1.74. The number of nitrogens with one attached hydrogen (secondary N) is 1. The van der Waals surface area contributed by atoms with Crippen molar-refractivity contribution in [1.29, 1.82) is 0 Å². The minimum atomic E-state index is -0.296. The summed E-state index contributed by atoms with van der Waals surface area (Å²) >= 11 is 5.83. The number of hydrogen-bond acceptors (Lipinski definition) is 2. The zero-order valence-corrected chi connectivity index (χ0v) is 11.3. The minimum absolute atomic E-state index is 0.0861. The van der Waals surface area contributed by atoms with Gasteiger partial charge in [-0.25, -0.2) is 4.39 Å². The highest BCUT2D eigenvalue weighted by molar-refractivity contribution is 6.30. The number of hydrogen-bond donors (Lipinski definition) is 2. The molecule has 0 aliphatic carbocycles. The van der Waals surface area contributed by atoms with Gasteiger partial charge in [0.25, 0.3) is 0 Å². The molecule has 2 aromatic carbocycles. The predicted molar refractivity (Wildman–Crippen MR) is 76.0 cm³/mol. The van der Waals surface area contributed by atoms with E-state index >= 15 is 0 Å². The summed E-state index contributed by atoms with van der Waals surface area (Å²) < 4.78 is 13.3. The van der Waals surface area contributed by atoms with Gasteiger partial charge in [-0.3, -0.25) is 0 Å². The third kappa shape index (κ3) is 3.69. The largest absolute Gasteiger partial charge is 0.394 e. The lowest BCUT2D eigenvalue weighted by Crippen LogP contribution is -2.14. The van der Waals surface area contributed by atoms with Gasteiger partial charge in [-0.15, -0.1) is 0 Å². The smallest absolute Gasteiger partial charge is 0.125 e. The van der Waals surface area contributed by atoms with E-state index in [1.54, 1.807) is 12.1 Å². The van der Waals surface area contributed by atoms with Gasteiger partial charge in [0.1, 0.15) is 5.82 Å². The molecule has 0 saturated carbocycles. The van der Waals surface area contributed by atoms with E-state index in [9.17, 15) is 9.50 Å². The van der Waals surface area contributed by atoms with Gasteiger partial charge in [0.15, 0.2) is 0 Å². The third-order valence-corrected chi connectivity index (χ3v) is 3.09. The second-order valence-electron chi connectivity index (χ2n) is 4.45. The molecule has 2 aromatic rings. The van der Waals surface area contributed by atoms with Crippen LogP contribution in [0.2, 0.25) is 5.02 Å². The Hall–Kier alpha value is -1.58. The number of anilines is 1. The molecule has 2 nitrogen and oxygen atoms in total. The van der Waals surface area contributed by atoms with Crippen LogP contribution >= 0.6 is 11.6 Å². The second-order valence-corrected chi connectivity index (χ2v) is 4.88. The Morgan fingerprint density at radius 1 is 1.21 bits per heavy atom. The van der Waals surface area contributed by atoms with E-state index in [0.717, 1.165) is 11.1 Å². The topological polar surface area (TPSA) is 32.3 Å². The first-order valence-corrected chi connectivity index (χ1v) is 6.36. The fraction of sp³-hybridized carbons (Fsp3) is 0.200. The van der Waals surface area contributed by atoms with E-state index in [-0.39, 0.29) is 18.5 Å². The van der Waals surface area contributed by atoms with E-state index in [0.29, 0.717) is 10.7 Å². The molecule has 1 unspecified atom stereocenters. The normalized spacial score (nSPS) is 12.2. The highest BCUT2D eigenvalue weighted by Gasteiger charge is 2.10. The van der Waals surface area contributed by atoms with Crippen molar-refractivity contribution in [3.63, 3.8) is 0 Å². The number of halogens is 2. The van der Waals surface area contributed by atoms with E-state index < -0.39 is 0 Å². The molecule has 100 valence electrons. The molecule has 0 amide bonds. The van der Waals surface area contributed by atoms with Crippen LogP contribution < -0.4 is 5.32 Å². The number of benzene rings is 2. The zero-order valence-electron chi connectivity index (χ0n) is 10.5. The van der Waals surface area contributed by atoms with Crippen LogP contribution in [0.15, 0.2) is 42.5 Å². The lowest BCUT2D eigenvalue weighted by atomic mass is 10.1. The fourth-order valence-electron chi connectivity index (χ4n) is 1.95. The van der Waals surface area contributed by atoms with Gasteiger partial charge in [-0.2, -0.15) is 0 Å². The lowest BCUT2D eigenvalue weighted by molar-refractivity contribution is 0.276. The summed E-state index contributed by atoms with van der Waals surface area (Å²) in [5.74, 6) is -0.296. The van der Waals surface area contributed by atoms with Gasteiger partial charge in [0, 0.05) is 10.7 Å². The predicted octanol–water partition coefficient (Wildman–Crippen LogP) is 3.93. The Labute approximate surface area is 116 Å². The van der Waals surface area contributed by atoms with E-state index in [1.807, 2.05) is 25.1 Å². The molecule has 4 heteroatoms. The van der Waals surface area contributed by atoms with Crippen molar-refractivity contribution < 1.29 is 9.50 Å². The Bertz CT molecular complexity index is 536. The van der Waals surface area contributed by atoms with Crippen molar-refractivity contribution in [2.24, 2.45) is 0 Å². The van der Waals surface area contributed by atoms with Gasteiger partial charge < -0.3 is 10.4 Å². The van der Waals surface area contributed by atoms with Crippen molar-refractivity contribution in [2.75, 3.05) is 11.9 Å². The first kappa shape index (κ1) is 13.8. The maximum absolute atomic E-state index is 13.3. The first-order chi connectivity index (χ1) is 9.08. The van der Waals surface area contributed by atoms with Crippen LogP contribution in [0.25, 0.3) is 0 Å². The van der Waals surface area contributed by atoms with Gasteiger partial charge in [0.2, 0.25) is 0 Å². The number of aliphatic hydroxyl groups is 1. The summed E-state index contributed by atoms with van der Waals surface area (Å²) in [5.41, 5.74) is 2.37. The maximum Gasteiger partial charge on any atom is 0.125 e. The fourth-order valence-corrected chi connectivity index (χ4v) is 2.08. The number of aliphatic hydroxyl groups excluding tert-OH is 1. The molecule has 0 radical (unpaired) electrons. The van der Waals surface area contributed by atoms with E-state index in [4.69, 9.17) is 11.6 Å². The van der Waals surface area contributed by atoms with Gasteiger partial charge >= 0.3 is 0 Å². The molecular formula is C15H15ClFNO. The lowest BCUT2D eigenvalue weighted by Gasteiger charge is -2.18. The Morgan fingerprint density at radius 2 is 1.89 bits per heavy atom. The summed E-state index contributed by atoms with van der Waals surface area (Å²) in [6.07, 6.45) is 0. The standard InChI is InChI=1S/C15H15ClFNO/c1-10-6-13(17)8-14(7-10)18-15(9-19)11-2-4-12(16)5-3-11/h2-8,15,18-19H,9H2,1H3. The molecular weight excluding hydrogens is 265 g/mol. The number of aryl methyl sites for hydroxylation is 1. The summed E-state index contributed by atoms with van der Waals surface area (Å²) in [6, 6.07) is 11.6. The molecule has 0 bridgehead atoms. The quantitative estimate of drug-likeness (QED) is 0.889. The molecule has 1 atom stereocenters. The highest BCUT2D eigenvalue weighted by atomic mass is 35.5. The molecule has 2 N–H and O–H groups in total. The van der Waals surface area contributed by atoms with Gasteiger partial charge in [0.05, 0.1) is 12.6 Å². The van der Waals surface area contributed by atoms with Crippen LogP contribution in [-0.2, 0) is 0 Å². The zero-order chi connectivity index (χ0) is 13.8. The SMILES string of the molecule is Cc1cc(F)cc(NC(CO)c2ccc(Cl)cc2)c1. The second kappa shape index (κ2) is 6.04. The molecule has 0 aromatic heterocycles. The van der Waals surface area contributed by atoms with Crippen molar-refractivity contribution in [3.05, 3.63) is 64.4 Å². The van der Waals surface area contributed by atoms with Crippen LogP contribution in [0, 0.1) is 12.7 Å². The Morgan fingerprint density at radius 3 is 2.47 bits per heavy atom. The molecule has 0 heterocycles. The average Bonchev–Trinajstić information content (AvgIpc) is 2.36. The van der Waals surface area contributed by atoms with Crippen LogP contribution in [0.1, 0.15) is 17.2 Å². The highest BCUT2D eigenvalue weighted by Crippen LogP contribution is 2.22. The van der Waals surface area contributed by atoms with Gasteiger partial charge in [-0.1, -0.05) is 23.7 Å². The summed E-state index contributed by atoms with van der Waals surface area (Å²) in [5, 5.41) is 13.2. The summed E-state index contributed by atoms with van der Waals surface area (Å²) in [7, 11) is 0. The van der Waals surface area contributed by atoms with E-state index in [1.165, 1.54) is 12.1 Å². The van der Waals surface area contributed by atoms with Crippen molar-refractivity contribution in [2.45, 2.75) is 13.0 Å². The van der Waals surface area contributed by atoms with Crippen LogP contribution in [-0.4, -0.2) is 11.7 Å². The maximum atomic E-state index is 13.3. The first-order valence-electron chi connectivity index (χ1n) is 5.98. The minimum Gasteiger partial charge on any atom is -0.394 e. The summed E-state index contributed by atoms with van der Waals surface area (Å²) in [4.78, 5) is 0. The molecule has 2 rings (SSSR count). The van der Waals surface area contributed by atoms with Crippen LogP contribution in [0.3, 0.4) is 0 Å². The van der Waals surface area contributed by atoms with Crippen LogP contribution in [0.5, 0.6) is 0 Å². The Balaban J connectivity index is 2.21. The molecule has 0 aliphatic rings. The van der Waals surface area contributed by atoms with E-state index in [2.05, 4.69) is 5.32 Å². The van der Waals surface area contributed by atoms with Gasteiger partial charge in [-0.05, 0) is 48.4 Å². The third-order valence-electron chi connectivity index (χ3n) is 2.84. The van der Waals surface area contributed by atoms with Crippen LogP contribution in [0.4, 0.5) is 10.1 Å². The molecule has 0 aliphatic heterocycles. The molecule has 0 saturated heterocycles. The van der Waals surface area contributed by atoms with Crippen molar-refractivity contribution in [1.82, 2.24) is 0 Å². The Kier molecular flexibility index (Phi) is 4.40. The van der Waals surface area contributed by atoms with Crippen molar-refractivity contribution in [3.8, 4) is 0 Å². The average molecular weight is 280 g/mol. The molecule has 0 spiro atoms. The molecule has 0 fully saturated rings.